The molecule has 27 heavy (non-hydrogen) atoms. The number of aromatic nitrogens is 1. The fourth-order valence-electron chi connectivity index (χ4n) is 2.70. The Labute approximate surface area is 175 Å². The van der Waals surface area contributed by atoms with Gasteiger partial charge in [0.05, 0.1) is 12.6 Å². The maximum Gasteiger partial charge on any atom is 0.416 e. The maximum atomic E-state index is 14.7. The summed E-state index contributed by atoms with van der Waals surface area (Å²) < 4.78 is 31.1. The van der Waals surface area contributed by atoms with E-state index in [1.54, 1.807) is 19.2 Å². The highest BCUT2D eigenvalue weighted by Gasteiger charge is 2.32. The van der Waals surface area contributed by atoms with Gasteiger partial charge >= 0.3 is 6.09 Å². The van der Waals surface area contributed by atoms with E-state index < -0.39 is 11.9 Å². The smallest absolute Gasteiger partial charge is 0.416 e. The van der Waals surface area contributed by atoms with Gasteiger partial charge in [0, 0.05) is 35.5 Å². The fraction of sp³-hybridized carbons (Fsp3) is 0.250. The van der Waals surface area contributed by atoms with E-state index in [2.05, 4.69) is 36.5 Å². The van der Waals surface area contributed by atoms with Crippen molar-refractivity contribution in [2.24, 2.45) is 0 Å². The van der Waals surface area contributed by atoms with Crippen molar-refractivity contribution < 1.29 is 18.4 Å². The van der Waals surface area contributed by atoms with Gasteiger partial charge in [-0.2, -0.15) is 0 Å². The van der Waals surface area contributed by atoms with E-state index in [1.165, 1.54) is 11.1 Å². The molecule has 1 amide bonds. The second-order valence-corrected chi connectivity index (χ2v) is 8.09. The lowest BCUT2D eigenvalue weighted by molar-refractivity contribution is 0.116. The Morgan fingerprint density at radius 3 is 3.04 bits per heavy atom. The molecule has 1 aromatic carbocycles. The third-order valence-electron chi connectivity index (χ3n) is 4.05. The molecule has 0 saturated carbocycles. The highest BCUT2D eigenvalue weighted by atomic mass is 127. The summed E-state index contributed by atoms with van der Waals surface area (Å²) in [7, 11) is 1.71. The zero-order valence-electron chi connectivity index (χ0n) is 14.5. The zero-order valence-corrected chi connectivity index (χ0v) is 18.4. The lowest BCUT2D eigenvalue weighted by Gasteiger charge is -2.34. The highest BCUT2D eigenvalue weighted by Crippen LogP contribution is 2.39. The summed E-state index contributed by atoms with van der Waals surface area (Å²) in [6, 6.07) is 6.69. The third-order valence-corrected chi connectivity index (χ3v) is 5.52. The van der Waals surface area contributed by atoms with Crippen LogP contribution < -0.4 is 18.7 Å². The Bertz CT molecular complexity index is 847. The zero-order chi connectivity index (χ0) is 19.4. The monoisotopic (exact) mass is 522 g/mol. The Morgan fingerprint density at radius 1 is 1.48 bits per heavy atom. The van der Waals surface area contributed by atoms with Crippen LogP contribution in [0.25, 0.3) is 0 Å². The summed E-state index contributed by atoms with van der Waals surface area (Å²) in [5, 5.41) is 0. The van der Waals surface area contributed by atoms with Crippen LogP contribution in [0.3, 0.4) is 0 Å². The number of amides is 1. The number of carbonyl (C=O) groups excluding carboxylic acids is 1. The summed E-state index contributed by atoms with van der Waals surface area (Å²) in [6.45, 7) is 2.22. The summed E-state index contributed by atoms with van der Waals surface area (Å²) in [5.41, 5.74) is 1.19. The SMILES string of the molecule is CNSNc1nccc(CN2C(=O)Oc3cc(OPI)ccc3C2C)c1F. The Hall–Kier alpha value is -1.36. The molecule has 144 valence electrons. The molecule has 2 aromatic rings. The van der Waals surface area contributed by atoms with Crippen LogP contribution in [0.15, 0.2) is 30.5 Å². The van der Waals surface area contributed by atoms with Crippen LogP contribution in [0, 0.1) is 5.82 Å². The molecule has 2 N–H and O–H groups in total. The average Bonchev–Trinajstić information content (AvgIpc) is 2.65. The molecule has 7 nitrogen and oxygen atoms in total. The second-order valence-electron chi connectivity index (χ2n) is 5.59. The largest absolute Gasteiger partial charge is 0.467 e. The molecule has 0 saturated heterocycles. The molecule has 2 unspecified atom stereocenters. The van der Waals surface area contributed by atoms with Crippen LogP contribution in [0.1, 0.15) is 24.1 Å². The standard InChI is InChI=1S/C16H17FIN4O3PS/c1-9-12-4-3-11(25-26-18)7-13(12)24-16(23)22(9)8-10-5-6-20-15(14(10)17)21-27-19-2/h3-7,9,19,26H,8H2,1-2H3,(H,20,21). The maximum absolute atomic E-state index is 14.7. The van der Waals surface area contributed by atoms with Gasteiger partial charge in [-0.25, -0.2) is 18.9 Å². The number of ether oxygens (including phenoxy) is 1. The summed E-state index contributed by atoms with van der Waals surface area (Å²) in [5.74, 6) is 0.719. The summed E-state index contributed by atoms with van der Waals surface area (Å²) >= 11 is 3.23. The van der Waals surface area contributed by atoms with E-state index in [-0.39, 0.29) is 24.9 Å². The minimum absolute atomic E-state index is 0.0695. The van der Waals surface area contributed by atoms with Crippen LogP contribution >= 0.6 is 40.6 Å². The summed E-state index contributed by atoms with van der Waals surface area (Å²) in [6.07, 6.45) is 0.971. The van der Waals surface area contributed by atoms with Gasteiger partial charge in [0.15, 0.2) is 11.6 Å². The second kappa shape index (κ2) is 9.22. The topological polar surface area (TPSA) is 75.7 Å². The first-order valence-corrected chi connectivity index (χ1v) is 12.8. The van der Waals surface area contributed by atoms with Gasteiger partial charge < -0.3 is 9.26 Å². The fourth-order valence-corrected chi connectivity index (χ4v) is 4.02. The molecule has 11 heteroatoms. The van der Waals surface area contributed by atoms with Gasteiger partial charge in [0.1, 0.15) is 17.9 Å². The molecule has 1 aliphatic rings. The minimum Gasteiger partial charge on any atom is -0.467 e. The number of nitrogens with one attached hydrogen (secondary N) is 2. The first-order valence-electron chi connectivity index (χ1n) is 7.92. The van der Waals surface area contributed by atoms with E-state index >= 15 is 0 Å². The van der Waals surface area contributed by atoms with E-state index in [1.807, 2.05) is 19.1 Å². The number of hydrogen-bond acceptors (Lipinski definition) is 7. The van der Waals surface area contributed by atoms with Crippen molar-refractivity contribution in [1.82, 2.24) is 14.6 Å². The molecule has 0 fully saturated rings. The molecule has 2 atom stereocenters. The number of nitrogens with zero attached hydrogens (tertiary/aromatic N) is 2. The number of pyridine rings is 1. The molecular formula is C16H17FIN4O3PS. The van der Waals surface area contributed by atoms with Crippen molar-refractivity contribution in [1.29, 1.82) is 0 Å². The van der Waals surface area contributed by atoms with Gasteiger partial charge in [0.2, 0.25) is 0 Å². The van der Waals surface area contributed by atoms with Crippen molar-refractivity contribution in [2.45, 2.75) is 19.5 Å². The Kier molecular flexibility index (Phi) is 6.96. The normalized spacial score (nSPS) is 16.4. The lowest BCUT2D eigenvalue weighted by atomic mass is 10.0. The Morgan fingerprint density at radius 2 is 2.30 bits per heavy atom. The number of halogens is 2. The van der Waals surface area contributed by atoms with Crippen LogP contribution in [0.5, 0.6) is 11.5 Å². The molecule has 1 aliphatic heterocycles. The van der Waals surface area contributed by atoms with Gasteiger partial charge in [-0.05, 0) is 54.2 Å². The van der Waals surface area contributed by atoms with Gasteiger partial charge in [-0.1, -0.05) is 0 Å². The molecule has 3 rings (SSSR count). The first kappa shape index (κ1) is 20.4. The predicted octanol–water partition coefficient (Wildman–Crippen LogP) is 4.81. The molecular weight excluding hydrogens is 505 g/mol. The average molecular weight is 522 g/mol. The molecule has 2 heterocycles. The highest BCUT2D eigenvalue weighted by molar-refractivity contribution is 14.2. The number of fused-ring (bicyclic) bond motifs is 1. The molecule has 0 radical (unpaired) electrons. The predicted molar refractivity (Wildman–Crippen MR) is 114 cm³/mol. The van der Waals surface area contributed by atoms with Crippen molar-refractivity contribution in [3.63, 3.8) is 0 Å². The number of anilines is 1. The molecule has 0 aliphatic carbocycles. The number of benzene rings is 1. The van der Waals surface area contributed by atoms with E-state index in [0.29, 0.717) is 17.1 Å². The summed E-state index contributed by atoms with van der Waals surface area (Å²) in [4.78, 5) is 18.0. The van der Waals surface area contributed by atoms with Crippen molar-refractivity contribution in [3.05, 3.63) is 47.4 Å². The third kappa shape index (κ3) is 4.56. The number of hydrogen-bond donors (Lipinski definition) is 2. The molecule has 0 bridgehead atoms. The molecule has 1 aromatic heterocycles. The number of rotatable bonds is 7. The van der Waals surface area contributed by atoms with Crippen LogP contribution in [0.2, 0.25) is 0 Å². The van der Waals surface area contributed by atoms with Crippen LogP contribution in [0.4, 0.5) is 15.0 Å². The Balaban J connectivity index is 1.83. The first-order chi connectivity index (χ1) is 13.0. The van der Waals surface area contributed by atoms with Crippen LogP contribution in [-0.4, -0.2) is 23.0 Å². The van der Waals surface area contributed by atoms with Gasteiger partial charge in [-0.3, -0.25) is 9.62 Å². The van der Waals surface area contributed by atoms with E-state index in [9.17, 15) is 9.18 Å². The lowest BCUT2D eigenvalue weighted by Crippen LogP contribution is -2.39. The quantitative estimate of drug-likeness (QED) is 0.307. The number of carbonyl (C=O) groups is 1. The molecule has 0 spiro atoms. The van der Waals surface area contributed by atoms with Crippen molar-refractivity contribution in [2.75, 3.05) is 11.8 Å². The minimum atomic E-state index is -0.528. The van der Waals surface area contributed by atoms with E-state index in [0.717, 1.165) is 17.7 Å². The van der Waals surface area contributed by atoms with Gasteiger partial charge in [0.25, 0.3) is 0 Å². The van der Waals surface area contributed by atoms with Crippen molar-refractivity contribution >= 4 is 52.5 Å². The van der Waals surface area contributed by atoms with Crippen LogP contribution in [-0.2, 0) is 6.54 Å². The van der Waals surface area contributed by atoms with E-state index in [4.69, 9.17) is 9.26 Å². The van der Waals surface area contributed by atoms with Gasteiger partial charge in [-0.15, -0.1) is 0 Å². The van der Waals surface area contributed by atoms with Crippen molar-refractivity contribution in [3.8, 4) is 11.5 Å².